The van der Waals surface area contributed by atoms with Gasteiger partial charge in [-0.15, -0.1) is 0 Å². The molecule has 2 aliphatic heterocycles. The van der Waals surface area contributed by atoms with Crippen LogP contribution in [0.3, 0.4) is 0 Å². The molecule has 0 aromatic heterocycles. The molecule has 0 N–H and O–H groups in total. The van der Waals surface area contributed by atoms with E-state index in [2.05, 4.69) is 0 Å². The van der Waals surface area contributed by atoms with Crippen molar-refractivity contribution in [3.05, 3.63) is 64.8 Å². The van der Waals surface area contributed by atoms with Gasteiger partial charge in [0, 0.05) is 18.1 Å². The van der Waals surface area contributed by atoms with Gasteiger partial charge in [0.05, 0.1) is 29.6 Å². The molecule has 2 aliphatic rings. The van der Waals surface area contributed by atoms with Gasteiger partial charge in [0.25, 0.3) is 11.8 Å². The first kappa shape index (κ1) is 22.4. The summed E-state index contributed by atoms with van der Waals surface area (Å²) in [7, 11) is 0. The summed E-state index contributed by atoms with van der Waals surface area (Å²) in [5.74, 6) is 0.000192. The van der Waals surface area contributed by atoms with Crippen LogP contribution in [-0.4, -0.2) is 48.1 Å². The van der Waals surface area contributed by atoms with Gasteiger partial charge in [-0.2, -0.15) is 0 Å². The van der Waals surface area contributed by atoms with E-state index in [1.165, 1.54) is 4.90 Å². The van der Waals surface area contributed by atoms with Gasteiger partial charge in [0.15, 0.2) is 0 Å². The van der Waals surface area contributed by atoms with Crippen molar-refractivity contribution in [3.8, 4) is 5.75 Å². The smallest absolute Gasteiger partial charge is 0.282 e. The van der Waals surface area contributed by atoms with E-state index in [4.69, 9.17) is 21.1 Å². The third kappa shape index (κ3) is 4.38. The minimum Gasteiger partial charge on any atom is -0.491 e. The predicted octanol–water partition coefficient (Wildman–Crippen LogP) is 4.52. The molecular formula is C25H27ClN2O4. The van der Waals surface area contributed by atoms with Crippen molar-refractivity contribution in [2.75, 3.05) is 18.0 Å². The van der Waals surface area contributed by atoms with Gasteiger partial charge in [0.2, 0.25) is 0 Å². The number of hydrogen-bond acceptors (Lipinski definition) is 5. The van der Waals surface area contributed by atoms with Crippen LogP contribution in [0.4, 0.5) is 5.69 Å². The Labute approximate surface area is 193 Å². The fourth-order valence-electron chi connectivity index (χ4n) is 4.23. The molecule has 0 bridgehead atoms. The molecule has 1 fully saturated rings. The van der Waals surface area contributed by atoms with Crippen molar-refractivity contribution in [1.29, 1.82) is 0 Å². The maximum absolute atomic E-state index is 13.6. The summed E-state index contributed by atoms with van der Waals surface area (Å²) >= 11 is 6.06. The largest absolute Gasteiger partial charge is 0.491 e. The highest BCUT2D eigenvalue weighted by atomic mass is 35.5. The van der Waals surface area contributed by atoms with E-state index >= 15 is 0 Å². The molecule has 2 aromatic carbocycles. The number of morpholine rings is 1. The topological polar surface area (TPSA) is 59.1 Å². The van der Waals surface area contributed by atoms with Crippen molar-refractivity contribution >= 4 is 34.7 Å². The van der Waals surface area contributed by atoms with Crippen LogP contribution in [0.15, 0.2) is 54.2 Å². The maximum Gasteiger partial charge on any atom is 0.282 e. The highest BCUT2D eigenvalue weighted by Gasteiger charge is 2.43. The number of carbonyl (C=O) groups is 2. The summed E-state index contributed by atoms with van der Waals surface area (Å²) < 4.78 is 11.5. The fraction of sp³-hybridized carbons (Fsp3) is 0.360. The van der Waals surface area contributed by atoms with Gasteiger partial charge in [-0.1, -0.05) is 23.7 Å². The Kier molecular flexibility index (Phi) is 6.26. The Morgan fingerprint density at radius 3 is 2.09 bits per heavy atom. The lowest BCUT2D eigenvalue weighted by molar-refractivity contribution is -0.121. The van der Waals surface area contributed by atoms with Gasteiger partial charge in [-0.25, -0.2) is 4.90 Å². The molecule has 2 atom stereocenters. The van der Waals surface area contributed by atoms with Crippen LogP contribution in [0, 0.1) is 0 Å². The van der Waals surface area contributed by atoms with Crippen LogP contribution in [-0.2, 0) is 14.3 Å². The lowest BCUT2D eigenvalue weighted by Gasteiger charge is -2.37. The third-order valence-corrected chi connectivity index (χ3v) is 5.65. The summed E-state index contributed by atoms with van der Waals surface area (Å²) in [5.41, 5.74) is 1.96. The van der Waals surface area contributed by atoms with E-state index in [1.807, 2.05) is 32.6 Å². The number of hydrogen-bond donors (Lipinski definition) is 0. The number of amides is 2. The van der Waals surface area contributed by atoms with Crippen molar-refractivity contribution in [1.82, 2.24) is 4.90 Å². The number of nitrogens with zero attached hydrogens (tertiary/aromatic N) is 2. The minimum atomic E-state index is -0.350. The van der Waals surface area contributed by atoms with E-state index in [9.17, 15) is 9.59 Å². The molecule has 2 heterocycles. The highest BCUT2D eigenvalue weighted by molar-refractivity contribution is 6.45. The van der Waals surface area contributed by atoms with E-state index in [1.54, 1.807) is 48.5 Å². The number of halogens is 1. The first-order valence-corrected chi connectivity index (χ1v) is 11.2. The zero-order valence-corrected chi connectivity index (χ0v) is 19.4. The fourth-order valence-corrected chi connectivity index (χ4v) is 4.36. The standard InChI is InChI=1S/C25H27ClN2O4/c1-15(2)31-21-11-9-20(10-12-21)28-24(29)22(18-5-7-19(26)8-6-18)23(25(28)30)27-13-16(3)32-17(4)14-27/h5-12,15-17H,13-14H2,1-4H3. The molecular weight excluding hydrogens is 428 g/mol. The molecule has 2 unspecified atom stereocenters. The van der Waals surface area contributed by atoms with Gasteiger partial charge < -0.3 is 14.4 Å². The lowest BCUT2D eigenvalue weighted by atomic mass is 10.0. The van der Waals surface area contributed by atoms with E-state index in [0.717, 1.165) is 0 Å². The van der Waals surface area contributed by atoms with Gasteiger partial charge in [0.1, 0.15) is 11.4 Å². The number of benzene rings is 2. The summed E-state index contributed by atoms with van der Waals surface area (Å²) in [6.07, 6.45) is -0.0738. The molecule has 1 saturated heterocycles. The van der Waals surface area contributed by atoms with Gasteiger partial charge in [-0.3, -0.25) is 9.59 Å². The second-order valence-corrected chi connectivity index (χ2v) is 8.94. The number of imide groups is 1. The first-order chi connectivity index (χ1) is 15.2. The third-order valence-electron chi connectivity index (χ3n) is 5.39. The van der Waals surface area contributed by atoms with Gasteiger partial charge in [-0.05, 0) is 69.7 Å². The molecule has 0 radical (unpaired) electrons. The Hall–Kier alpha value is -2.83. The molecule has 0 spiro atoms. The quantitative estimate of drug-likeness (QED) is 0.621. The SMILES string of the molecule is CC(C)Oc1ccc(N2C(=O)C(c3ccc(Cl)cc3)=C(N3CC(C)OC(C)C3)C2=O)cc1. The summed E-state index contributed by atoms with van der Waals surface area (Å²) in [4.78, 5) is 30.5. The van der Waals surface area contributed by atoms with Crippen molar-refractivity contribution in [3.63, 3.8) is 0 Å². The van der Waals surface area contributed by atoms with Crippen molar-refractivity contribution in [2.24, 2.45) is 0 Å². The van der Waals surface area contributed by atoms with E-state index in [0.29, 0.717) is 46.4 Å². The molecule has 168 valence electrons. The van der Waals surface area contributed by atoms with Crippen LogP contribution in [0.25, 0.3) is 5.57 Å². The number of carbonyl (C=O) groups excluding carboxylic acids is 2. The predicted molar refractivity (Wildman–Crippen MR) is 125 cm³/mol. The zero-order valence-electron chi connectivity index (χ0n) is 18.7. The molecule has 0 aliphatic carbocycles. The van der Waals surface area contributed by atoms with Crippen LogP contribution in [0.5, 0.6) is 5.75 Å². The summed E-state index contributed by atoms with van der Waals surface area (Å²) in [6.45, 7) is 8.89. The zero-order chi connectivity index (χ0) is 23.0. The number of rotatable bonds is 5. The molecule has 4 rings (SSSR count). The highest BCUT2D eigenvalue weighted by Crippen LogP contribution is 2.36. The van der Waals surface area contributed by atoms with Crippen molar-refractivity contribution < 1.29 is 19.1 Å². The lowest BCUT2D eigenvalue weighted by Crippen LogP contribution is -2.47. The van der Waals surface area contributed by atoms with E-state index in [-0.39, 0.29) is 30.1 Å². The Balaban J connectivity index is 1.75. The first-order valence-electron chi connectivity index (χ1n) is 10.8. The second kappa shape index (κ2) is 8.96. The van der Waals surface area contributed by atoms with Gasteiger partial charge >= 0.3 is 0 Å². The normalized spacial score (nSPS) is 21.7. The monoisotopic (exact) mass is 454 g/mol. The average Bonchev–Trinajstić information content (AvgIpc) is 2.98. The Morgan fingerprint density at radius 2 is 1.53 bits per heavy atom. The minimum absolute atomic E-state index is 0.0333. The second-order valence-electron chi connectivity index (χ2n) is 8.50. The van der Waals surface area contributed by atoms with Crippen LogP contribution < -0.4 is 9.64 Å². The maximum atomic E-state index is 13.6. The van der Waals surface area contributed by atoms with Crippen LogP contribution in [0.1, 0.15) is 33.3 Å². The Bertz CT molecular complexity index is 1040. The summed E-state index contributed by atoms with van der Waals surface area (Å²) in [5, 5.41) is 0.568. The number of anilines is 1. The Morgan fingerprint density at radius 1 is 0.938 bits per heavy atom. The van der Waals surface area contributed by atoms with Crippen LogP contribution in [0.2, 0.25) is 5.02 Å². The number of ether oxygens (including phenoxy) is 2. The molecule has 2 amide bonds. The molecule has 2 aromatic rings. The average molecular weight is 455 g/mol. The molecule has 32 heavy (non-hydrogen) atoms. The molecule has 7 heteroatoms. The molecule has 6 nitrogen and oxygen atoms in total. The summed E-state index contributed by atoms with van der Waals surface area (Å²) in [6, 6.07) is 14.0. The van der Waals surface area contributed by atoms with Crippen LogP contribution >= 0.6 is 11.6 Å². The molecule has 0 saturated carbocycles. The van der Waals surface area contributed by atoms with Crippen molar-refractivity contribution in [2.45, 2.75) is 46.0 Å². The van der Waals surface area contributed by atoms with E-state index < -0.39 is 0 Å².